The fourth-order valence-corrected chi connectivity index (χ4v) is 0.928. The molecule has 0 rings (SSSR count). The van der Waals surface area contributed by atoms with E-state index < -0.39 is 11.6 Å². The quantitative estimate of drug-likeness (QED) is 0.481. The van der Waals surface area contributed by atoms with E-state index in [4.69, 9.17) is 5.11 Å². The maximum atomic E-state index is 10.5. The topological polar surface area (TPSA) is 72.8 Å². The summed E-state index contributed by atoms with van der Waals surface area (Å²) in [7, 11) is 3.96. The fourth-order valence-electron chi connectivity index (χ4n) is 0.928. The van der Waals surface area contributed by atoms with Gasteiger partial charge >= 0.3 is 5.97 Å². The van der Waals surface area contributed by atoms with E-state index in [0.717, 1.165) is 13.0 Å². The number of hydrogen-bond acceptors (Lipinski definition) is 4. The minimum Gasteiger partial charge on any atom is -0.479 e. The lowest BCUT2D eigenvalue weighted by molar-refractivity contribution is -0.156. The van der Waals surface area contributed by atoms with Gasteiger partial charge in [0.25, 0.3) is 0 Å². The van der Waals surface area contributed by atoms with Gasteiger partial charge in [-0.1, -0.05) is 0 Å². The van der Waals surface area contributed by atoms with Crippen LogP contribution in [0.4, 0.5) is 0 Å². The summed E-state index contributed by atoms with van der Waals surface area (Å²) in [6.07, 6.45) is 0.933. The molecule has 0 heterocycles. The standard InChI is InChI=1S/C9H20N2O3/c1-9(14,8(12)13)7-10-5-4-6-11(2)3/h10,14H,4-7H2,1-3H3,(H,12,13). The lowest BCUT2D eigenvalue weighted by atomic mass is 10.1. The summed E-state index contributed by atoms with van der Waals surface area (Å²) in [6, 6.07) is 0. The third kappa shape index (κ3) is 5.90. The summed E-state index contributed by atoms with van der Waals surface area (Å²) in [5.74, 6) is -1.20. The van der Waals surface area contributed by atoms with Crippen molar-refractivity contribution < 1.29 is 15.0 Å². The molecular weight excluding hydrogens is 184 g/mol. The molecule has 3 N–H and O–H groups in total. The molecule has 0 aliphatic rings. The van der Waals surface area contributed by atoms with Gasteiger partial charge in [-0.3, -0.25) is 0 Å². The van der Waals surface area contributed by atoms with Crippen molar-refractivity contribution >= 4 is 5.97 Å². The van der Waals surface area contributed by atoms with Gasteiger partial charge in [0.2, 0.25) is 0 Å². The van der Waals surface area contributed by atoms with Crippen LogP contribution in [0.15, 0.2) is 0 Å². The van der Waals surface area contributed by atoms with Crippen molar-refractivity contribution in [1.82, 2.24) is 10.2 Å². The molecule has 14 heavy (non-hydrogen) atoms. The molecule has 0 spiro atoms. The Kier molecular flexibility index (Phi) is 5.68. The summed E-state index contributed by atoms with van der Waals surface area (Å²) >= 11 is 0. The first kappa shape index (κ1) is 13.4. The van der Waals surface area contributed by atoms with Gasteiger partial charge in [0, 0.05) is 6.54 Å². The molecule has 0 aliphatic heterocycles. The molecule has 0 radical (unpaired) electrons. The second-order valence-electron chi connectivity index (χ2n) is 3.91. The van der Waals surface area contributed by atoms with Crippen molar-refractivity contribution in [3.05, 3.63) is 0 Å². The number of nitrogens with one attached hydrogen (secondary N) is 1. The Bertz CT molecular complexity index is 181. The van der Waals surface area contributed by atoms with E-state index in [-0.39, 0.29) is 6.54 Å². The molecule has 0 bridgehead atoms. The second-order valence-corrected chi connectivity index (χ2v) is 3.91. The summed E-state index contributed by atoms with van der Waals surface area (Å²) in [5.41, 5.74) is -1.67. The van der Waals surface area contributed by atoms with E-state index in [2.05, 4.69) is 10.2 Å². The molecule has 5 nitrogen and oxygen atoms in total. The van der Waals surface area contributed by atoms with Gasteiger partial charge in [0.1, 0.15) is 0 Å². The Hall–Kier alpha value is -0.650. The van der Waals surface area contributed by atoms with Crippen LogP contribution in [-0.4, -0.2) is 60.4 Å². The van der Waals surface area contributed by atoms with Crippen LogP contribution in [-0.2, 0) is 4.79 Å². The molecule has 0 aromatic carbocycles. The highest BCUT2D eigenvalue weighted by Crippen LogP contribution is 2.00. The number of nitrogens with zero attached hydrogens (tertiary/aromatic N) is 1. The highest BCUT2D eigenvalue weighted by atomic mass is 16.4. The normalized spacial score (nSPS) is 15.5. The van der Waals surface area contributed by atoms with Crippen molar-refractivity contribution in [2.45, 2.75) is 18.9 Å². The average Bonchev–Trinajstić information content (AvgIpc) is 2.02. The Morgan fingerprint density at radius 3 is 2.50 bits per heavy atom. The molecule has 0 aromatic rings. The molecule has 0 saturated heterocycles. The first-order valence-electron chi connectivity index (χ1n) is 4.67. The third-order valence-corrected chi connectivity index (χ3v) is 1.89. The van der Waals surface area contributed by atoms with E-state index in [1.165, 1.54) is 6.92 Å². The van der Waals surface area contributed by atoms with E-state index in [1.807, 2.05) is 14.1 Å². The Morgan fingerprint density at radius 1 is 1.50 bits per heavy atom. The Morgan fingerprint density at radius 2 is 2.07 bits per heavy atom. The smallest absolute Gasteiger partial charge is 0.336 e. The molecule has 0 fully saturated rings. The molecule has 1 atom stereocenters. The van der Waals surface area contributed by atoms with Crippen LogP contribution in [0.3, 0.4) is 0 Å². The molecular formula is C9H20N2O3. The van der Waals surface area contributed by atoms with Gasteiger partial charge in [-0.2, -0.15) is 0 Å². The number of aliphatic carboxylic acids is 1. The Balaban J connectivity index is 3.49. The van der Waals surface area contributed by atoms with Crippen molar-refractivity contribution in [2.75, 3.05) is 33.7 Å². The maximum absolute atomic E-state index is 10.5. The van der Waals surface area contributed by atoms with Gasteiger partial charge < -0.3 is 20.4 Å². The van der Waals surface area contributed by atoms with Gasteiger partial charge in [-0.25, -0.2) is 4.79 Å². The third-order valence-electron chi connectivity index (χ3n) is 1.89. The van der Waals surface area contributed by atoms with Crippen LogP contribution in [0.2, 0.25) is 0 Å². The minimum atomic E-state index is -1.67. The first-order valence-corrected chi connectivity index (χ1v) is 4.67. The van der Waals surface area contributed by atoms with E-state index in [9.17, 15) is 9.90 Å². The number of rotatable bonds is 7. The zero-order valence-electron chi connectivity index (χ0n) is 9.08. The largest absolute Gasteiger partial charge is 0.479 e. The van der Waals surface area contributed by atoms with Gasteiger partial charge in [0.05, 0.1) is 0 Å². The van der Waals surface area contributed by atoms with Crippen LogP contribution < -0.4 is 5.32 Å². The number of hydrogen-bond donors (Lipinski definition) is 3. The minimum absolute atomic E-state index is 0.0791. The van der Waals surface area contributed by atoms with Crippen molar-refractivity contribution in [3.63, 3.8) is 0 Å². The number of carboxylic acids is 1. The molecule has 5 heteroatoms. The molecule has 0 saturated carbocycles. The second kappa shape index (κ2) is 5.95. The molecule has 84 valence electrons. The first-order chi connectivity index (χ1) is 6.36. The highest BCUT2D eigenvalue weighted by Gasteiger charge is 2.28. The molecule has 0 amide bonds. The van der Waals surface area contributed by atoms with Crippen LogP contribution in [0.5, 0.6) is 0 Å². The molecule has 1 unspecified atom stereocenters. The van der Waals surface area contributed by atoms with Crippen LogP contribution in [0, 0.1) is 0 Å². The van der Waals surface area contributed by atoms with Crippen molar-refractivity contribution in [3.8, 4) is 0 Å². The number of carboxylic acid groups (broad SMARTS) is 1. The van der Waals surface area contributed by atoms with Gasteiger partial charge in [-0.05, 0) is 40.5 Å². The SMILES string of the molecule is CN(C)CCCNCC(C)(O)C(=O)O. The molecule has 0 aliphatic carbocycles. The van der Waals surface area contributed by atoms with E-state index >= 15 is 0 Å². The van der Waals surface area contributed by atoms with Crippen LogP contribution in [0.1, 0.15) is 13.3 Å². The zero-order chi connectivity index (χ0) is 11.2. The average molecular weight is 204 g/mol. The van der Waals surface area contributed by atoms with Crippen molar-refractivity contribution in [1.29, 1.82) is 0 Å². The summed E-state index contributed by atoms with van der Waals surface area (Å²) < 4.78 is 0. The van der Waals surface area contributed by atoms with E-state index in [1.54, 1.807) is 0 Å². The predicted octanol–water partition coefficient (Wildman–Crippen LogP) is -0.637. The van der Waals surface area contributed by atoms with Crippen molar-refractivity contribution in [2.24, 2.45) is 0 Å². The van der Waals surface area contributed by atoms with Crippen LogP contribution in [0.25, 0.3) is 0 Å². The van der Waals surface area contributed by atoms with E-state index in [0.29, 0.717) is 6.54 Å². The molecule has 0 aromatic heterocycles. The zero-order valence-corrected chi connectivity index (χ0v) is 9.08. The Labute approximate surface area is 84.7 Å². The number of aliphatic hydroxyl groups is 1. The van der Waals surface area contributed by atoms with Gasteiger partial charge in [0.15, 0.2) is 5.60 Å². The maximum Gasteiger partial charge on any atom is 0.336 e. The van der Waals surface area contributed by atoms with Crippen LogP contribution >= 0.6 is 0 Å². The summed E-state index contributed by atoms with van der Waals surface area (Å²) in [5, 5.41) is 20.8. The predicted molar refractivity (Wildman–Crippen MR) is 54.3 cm³/mol. The summed E-state index contributed by atoms with van der Waals surface area (Å²) in [6.45, 7) is 3.02. The highest BCUT2D eigenvalue weighted by molar-refractivity contribution is 5.76. The lowest BCUT2D eigenvalue weighted by Gasteiger charge is -2.18. The summed E-state index contributed by atoms with van der Waals surface area (Å²) in [4.78, 5) is 12.5. The number of carbonyl (C=O) groups is 1. The van der Waals surface area contributed by atoms with Gasteiger partial charge in [-0.15, -0.1) is 0 Å². The lowest BCUT2D eigenvalue weighted by Crippen LogP contribution is -2.45. The monoisotopic (exact) mass is 204 g/mol. The fraction of sp³-hybridized carbons (Fsp3) is 0.889.